The van der Waals surface area contributed by atoms with Crippen molar-refractivity contribution in [1.82, 2.24) is 5.32 Å². The van der Waals surface area contributed by atoms with Gasteiger partial charge in [0.25, 0.3) is 0 Å². The van der Waals surface area contributed by atoms with E-state index in [9.17, 15) is 8.42 Å². The highest BCUT2D eigenvalue weighted by Gasteiger charge is 2.21. The van der Waals surface area contributed by atoms with E-state index >= 15 is 0 Å². The van der Waals surface area contributed by atoms with E-state index in [2.05, 4.69) is 5.32 Å². The summed E-state index contributed by atoms with van der Waals surface area (Å²) in [6, 6.07) is 12.6. The fraction of sp³-hybridized carbons (Fsp3) is 0.333. The maximum absolute atomic E-state index is 12.2. The molecule has 20 heavy (non-hydrogen) atoms. The molecule has 0 radical (unpaired) electrons. The second-order valence-corrected chi connectivity index (χ2v) is 7.08. The first kappa shape index (κ1) is 13.4. The summed E-state index contributed by atoms with van der Waals surface area (Å²) in [5.74, 6) is 1.18. The monoisotopic (exact) mass is 291 g/mol. The number of nitrogens with one attached hydrogen (secondary N) is 1. The summed E-state index contributed by atoms with van der Waals surface area (Å²) < 4.78 is 30.0. The smallest absolute Gasteiger partial charge is 0.185 e. The first-order valence-electron chi connectivity index (χ1n) is 6.72. The Bertz CT molecular complexity index is 672. The summed E-state index contributed by atoms with van der Waals surface area (Å²) in [6.45, 7) is 0.663. The molecule has 1 aromatic carbocycles. The molecule has 106 valence electrons. The van der Waals surface area contributed by atoms with Gasteiger partial charge < -0.3 is 9.73 Å². The van der Waals surface area contributed by atoms with Crippen molar-refractivity contribution in [2.45, 2.75) is 36.1 Å². The van der Waals surface area contributed by atoms with Crippen LogP contribution in [0.2, 0.25) is 0 Å². The van der Waals surface area contributed by atoms with Crippen molar-refractivity contribution in [2.24, 2.45) is 0 Å². The molecule has 0 atom stereocenters. The molecule has 1 N–H and O–H groups in total. The molecular weight excluding hydrogens is 274 g/mol. The van der Waals surface area contributed by atoms with Gasteiger partial charge in [-0.2, -0.15) is 0 Å². The van der Waals surface area contributed by atoms with Crippen LogP contribution in [0.1, 0.15) is 24.4 Å². The standard InChI is InChI=1S/C15H17NO3S/c17-20(18,15-4-2-1-3-5-15)11-14-9-8-13(19-14)10-16-12-6-7-12/h1-5,8-9,12,16H,6-7,10-11H2. The van der Waals surface area contributed by atoms with Crippen LogP contribution < -0.4 is 5.32 Å². The molecule has 3 rings (SSSR count). The molecular formula is C15H17NO3S. The van der Waals surface area contributed by atoms with E-state index in [1.807, 2.05) is 6.07 Å². The number of sulfone groups is 1. The molecule has 1 aliphatic carbocycles. The zero-order valence-corrected chi connectivity index (χ0v) is 11.9. The molecule has 0 spiro atoms. The van der Waals surface area contributed by atoms with Gasteiger partial charge >= 0.3 is 0 Å². The lowest BCUT2D eigenvalue weighted by molar-refractivity contribution is 0.455. The predicted octanol–water partition coefficient (Wildman–Crippen LogP) is 2.51. The third-order valence-electron chi connectivity index (χ3n) is 3.29. The van der Waals surface area contributed by atoms with Gasteiger partial charge in [0.2, 0.25) is 0 Å². The number of hydrogen-bond donors (Lipinski definition) is 1. The zero-order valence-electron chi connectivity index (χ0n) is 11.1. The van der Waals surface area contributed by atoms with E-state index in [4.69, 9.17) is 4.42 Å². The van der Waals surface area contributed by atoms with Gasteiger partial charge in [-0.05, 0) is 37.1 Å². The molecule has 0 aliphatic heterocycles. The molecule has 1 saturated carbocycles. The molecule has 5 heteroatoms. The third-order valence-corrected chi connectivity index (χ3v) is 4.95. The van der Waals surface area contributed by atoms with Crippen LogP contribution in [0.3, 0.4) is 0 Å². The number of benzene rings is 1. The topological polar surface area (TPSA) is 59.3 Å². The van der Waals surface area contributed by atoms with Gasteiger partial charge in [0, 0.05) is 6.04 Å². The van der Waals surface area contributed by atoms with Crippen molar-refractivity contribution in [3.05, 3.63) is 54.0 Å². The minimum atomic E-state index is -3.33. The summed E-state index contributed by atoms with van der Waals surface area (Å²) in [7, 11) is -3.33. The number of rotatable bonds is 6. The molecule has 1 fully saturated rings. The molecule has 1 aromatic heterocycles. The fourth-order valence-electron chi connectivity index (χ4n) is 2.03. The van der Waals surface area contributed by atoms with Gasteiger partial charge in [0.05, 0.1) is 11.4 Å². The highest BCUT2D eigenvalue weighted by atomic mass is 32.2. The Morgan fingerprint density at radius 1 is 1.05 bits per heavy atom. The van der Waals surface area contributed by atoms with E-state index in [0.29, 0.717) is 23.2 Å². The molecule has 0 unspecified atom stereocenters. The van der Waals surface area contributed by atoms with E-state index in [-0.39, 0.29) is 5.75 Å². The summed E-state index contributed by atoms with van der Waals surface area (Å²) in [5, 5.41) is 3.34. The number of hydrogen-bond acceptors (Lipinski definition) is 4. The van der Waals surface area contributed by atoms with Gasteiger partial charge in [0.15, 0.2) is 9.84 Å². The van der Waals surface area contributed by atoms with Crippen LogP contribution in [0.15, 0.2) is 51.8 Å². The van der Waals surface area contributed by atoms with Crippen LogP contribution in [0.25, 0.3) is 0 Å². The van der Waals surface area contributed by atoms with Crippen molar-refractivity contribution in [2.75, 3.05) is 0 Å². The summed E-state index contributed by atoms with van der Waals surface area (Å²) in [4.78, 5) is 0.328. The molecule has 4 nitrogen and oxygen atoms in total. The van der Waals surface area contributed by atoms with Crippen molar-refractivity contribution in [3.63, 3.8) is 0 Å². The van der Waals surface area contributed by atoms with Crippen molar-refractivity contribution < 1.29 is 12.8 Å². The lowest BCUT2D eigenvalue weighted by Gasteiger charge is -2.02. The zero-order chi connectivity index (χ0) is 14.0. The SMILES string of the molecule is O=S(=O)(Cc1ccc(CNC2CC2)o1)c1ccccc1. The largest absolute Gasteiger partial charge is 0.464 e. The Morgan fingerprint density at radius 3 is 2.45 bits per heavy atom. The average Bonchev–Trinajstić information content (AvgIpc) is 3.18. The lowest BCUT2D eigenvalue weighted by atomic mass is 10.4. The van der Waals surface area contributed by atoms with Crippen LogP contribution >= 0.6 is 0 Å². The minimum Gasteiger partial charge on any atom is -0.464 e. The molecule has 1 aliphatic rings. The fourth-order valence-corrected chi connectivity index (χ4v) is 3.29. The summed E-state index contributed by atoms with van der Waals surface area (Å²) in [6.07, 6.45) is 2.44. The van der Waals surface area contributed by atoms with Gasteiger partial charge in [-0.1, -0.05) is 18.2 Å². The Balaban J connectivity index is 1.67. The second-order valence-electron chi connectivity index (χ2n) is 5.10. The maximum Gasteiger partial charge on any atom is 0.185 e. The Morgan fingerprint density at radius 2 is 1.75 bits per heavy atom. The summed E-state index contributed by atoms with van der Waals surface area (Å²) in [5.41, 5.74) is 0. The number of furan rings is 1. The van der Waals surface area contributed by atoms with Gasteiger partial charge in [-0.3, -0.25) is 0 Å². The van der Waals surface area contributed by atoms with Crippen LogP contribution in [0.4, 0.5) is 0 Å². The summed E-state index contributed by atoms with van der Waals surface area (Å²) >= 11 is 0. The minimum absolute atomic E-state index is 0.0968. The Kier molecular flexibility index (Phi) is 3.63. The van der Waals surface area contributed by atoms with Crippen LogP contribution in [0, 0.1) is 0 Å². The van der Waals surface area contributed by atoms with Crippen LogP contribution in [-0.2, 0) is 22.1 Å². The maximum atomic E-state index is 12.2. The quantitative estimate of drug-likeness (QED) is 0.888. The molecule has 0 amide bonds. The second kappa shape index (κ2) is 5.42. The highest BCUT2D eigenvalue weighted by molar-refractivity contribution is 7.90. The molecule has 1 heterocycles. The Hall–Kier alpha value is -1.59. The van der Waals surface area contributed by atoms with Crippen LogP contribution in [0.5, 0.6) is 0 Å². The normalized spacial score (nSPS) is 15.4. The average molecular weight is 291 g/mol. The van der Waals surface area contributed by atoms with Crippen LogP contribution in [-0.4, -0.2) is 14.5 Å². The lowest BCUT2D eigenvalue weighted by Crippen LogP contribution is -2.14. The van der Waals surface area contributed by atoms with E-state index in [0.717, 1.165) is 5.76 Å². The van der Waals surface area contributed by atoms with Gasteiger partial charge in [-0.25, -0.2) is 8.42 Å². The first-order chi connectivity index (χ1) is 9.63. The van der Waals surface area contributed by atoms with E-state index < -0.39 is 9.84 Å². The van der Waals surface area contributed by atoms with Crippen molar-refractivity contribution in [1.29, 1.82) is 0 Å². The van der Waals surface area contributed by atoms with Crippen molar-refractivity contribution >= 4 is 9.84 Å². The molecule has 0 bridgehead atoms. The third kappa shape index (κ3) is 3.29. The van der Waals surface area contributed by atoms with Gasteiger partial charge in [0.1, 0.15) is 17.3 Å². The van der Waals surface area contributed by atoms with E-state index in [1.165, 1.54) is 12.8 Å². The van der Waals surface area contributed by atoms with Crippen molar-refractivity contribution in [3.8, 4) is 0 Å². The predicted molar refractivity (Wildman–Crippen MR) is 75.9 cm³/mol. The van der Waals surface area contributed by atoms with E-state index in [1.54, 1.807) is 36.4 Å². The Labute approximate surface area is 118 Å². The first-order valence-corrected chi connectivity index (χ1v) is 8.37. The molecule has 2 aromatic rings. The highest BCUT2D eigenvalue weighted by Crippen LogP contribution is 2.21. The van der Waals surface area contributed by atoms with Gasteiger partial charge in [-0.15, -0.1) is 0 Å². The molecule has 0 saturated heterocycles.